The third kappa shape index (κ3) is 2.83. The Balaban J connectivity index is 1.19. The number of carbonyl (C=O) groups excluding carboxylic acids is 2. The van der Waals surface area contributed by atoms with Crippen LogP contribution in [0.1, 0.15) is 44.6 Å². The van der Waals surface area contributed by atoms with Crippen molar-refractivity contribution in [3.8, 4) is 0 Å². The van der Waals surface area contributed by atoms with E-state index < -0.39 is 17.4 Å². The number of nitrogens with zero attached hydrogens (tertiary/aromatic N) is 4. The van der Waals surface area contributed by atoms with Crippen molar-refractivity contribution in [3.05, 3.63) is 18.5 Å². The van der Waals surface area contributed by atoms with E-state index in [0.29, 0.717) is 42.4 Å². The molecule has 3 unspecified atom stereocenters. The summed E-state index contributed by atoms with van der Waals surface area (Å²) in [5.74, 6) is 0.657. The highest BCUT2D eigenvalue weighted by Gasteiger charge is 2.55. The van der Waals surface area contributed by atoms with E-state index in [0.717, 1.165) is 54.8 Å². The molecule has 2 amide bonds. The molecule has 4 saturated carbocycles. The summed E-state index contributed by atoms with van der Waals surface area (Å²) in [5.41, 5.74) is 1.08. The Hall–Kier alpha value is -2.98. The van der Waals surface area contributed by atoms with Gasteiger partial charge in [-0.3, -0.25) is 19.4 Å². The Morgan fingerprint density at radius 2 is 1.97 bits per heavy atom. The molecule has 3 aromatic rings. The van der Waals surface area contributed by atoms with E-state index >= 15 is 0 Å². The topological polar surface area (TPSA) is 125 Å². The molecule has 6 fully saturated rings. The van der Waals surface area contributed by atoms with Crippen LogP contribution in [0.15, 0.2) is 18.5 Å². The molecular weight excluding hydrogens is 448 g/mol. The number of hydrogen-bond donors (Lipinski definition) is 3. The molecule has 182 valence electrons. The highest BCUT2D eigenvalue weighted by molar-refractivity contribution is 6.40. The first-order chi connectivity index (χ1) is 17.0. The molecule has 6 aliphatic rings. The van der Waals surface area contributed by atoms with Crippen LogP contribution in [0.25, 0.3) is 21.9 Å². The van der Waals surface area contributed by atoms with E-state index in [1.54, 1.807) is 17.3 Å². The third-order valence-electron chi connectivity index (χ3n) is 9.33. The minimum absolute atomic E-state index is 0.0147. The maximum absolute atomic E-state index is 13.1. The van der Waals surface area contributed by atoms with Crippen LogP contribution in [-0.4, -0.2) is 72.5 Å². The van der Waals surface area contributed by atoms with Crippen LogP contribution in [0, 0.1) is 17.8 Å². The fraction of sp³-hybridized carbons (Fsp3) is 0.600. The molecule has 6 bridgehead atoms. The van der Waals surface area contributed by atoms with E-state index in [1.165, 1.54) is 0 Å². The van der Waals surface area contributed by atoms with Gasteiger partial charge in [0, 0.05) is 24.3 Å². The zero-order chi connectivity index (χ0) is 23.5. The van der Waals surface area contributed by atoms with Gasteiger partial charge in [0.1, 0.15) is 5.82 Å². The first-order valence-corrected chi connectivity index (χ1v) is 12.8. The molecule has 2 aliphatic heterocycles. The monoisotopic (exact) mass is 476 g/mol. The number of fused-ring (bicyclic) bond motifs is 5. The number of aliphatic hydroxyl groups is 1. The molecular formula is C25H28N6O4. The van der Waals surface area contributed by atoms with Gasteiger partial charge in [-0.2, -0.15) is 0 Å². The number of pyridine rings is 1. The standard InChI is InChI=1S/C25H28N6O4/c32-23(24(33)30-10-16-5-15(30)11-35-16)28-22-18-9-27-21-17(1-2-26-21)20(18)31(29-22)19-13-3-12-4-14(19)8-25(34,6-12)7-13/h1-2,9,12-16,19,29,34H,3-8,10-11H2,(H,28,32)/t12?,13-,14+,15-,16-,19?,25?/m1/s1. The first-order valence-electron chi connectivity index (χ1n) is 12.8. The lowest BCUT2D eigenvalue weighted by Crippen LogP contribution is -2.55. The number of aromatic amines is 1. The predicted molar refractivity (Wildman–Crippen MR) is 125 cm³/mol. The van der Waals surface area contributed by atoms with E-state index in [4.69, 9.17) is 4.74 Å². The normalized spacial score (nSPS) is 37.1. The SMILES string of the molecule is O=C(Nc1[nH]n(C2[C@@H]3CC4C[C@H]2CC(O)(C4)C3)c2c1cnc1nccc12)C(=O)N1C[C@H]2C[C@@H]1CO2. The zero-order valence-corrected chi connectivity index (χ0v) is 19.3. The third-order valence-corrected chi connectivity index (χ3v) is 9.33. The van der Waals surface area contributed by atoms with Gasteiger partial charge in [0.05, 0.1) is 41.3 Å². The van der Waals surface area contributed by atoms with E-state index in [2.05, 4.69) is 25.1 Å². The van der Waals surface area contributed by atoms with Crippen molar-refractivity contribution in [1.29, 1.82) is 0 Å². The maximum atomic E-state index is 13.1. The molecule has 0 spiro atoms. The first kappa shape index (κ1) is 20.2. The van der Waals surface area contributed by atoms with Crippen LogP contribution in [0.3, 0.4) is 0 Å². The number of amides is 2. The molecule has 3 aromatic heterocycles. The number of rotatable bonds is 2. The van der Waals surface area contributed by atoms with Gasteiger partial charge in [-0.1, -0.05) is 0 Å². The zero-order valence-electron chi connectivity index (χ0n) is 19.3. The molecule has 10 heteroatoms. The largest absolute Gasteiger partial charge is 0.390 e. The molecule has 0 aromatic carbocycles. The Bertz CT molecular complexity index is 1380. The van der Waals surface area contributed by atoms with Crippen molar-refractivity contribution >= 4 is 39.6 Å². The van der Waals surface area contributed by atoms with Gasteiger partial charge >= 0.3 is 11.8 Å². The summed E-state index contributed by atoms with van der Waals surface area (Å²) in [6, 6.07) is 2.14. The minimum Gasteiger partial charge on any atom is -0.390 e. The van der Waals surface area contributed by atoms with Crippen LogP contribution in [0.5, 0.6) is 0 Å². The number of morpholine rings is 1. The number of carbonyl (C=O) groups is 2. The maximum Gasteiger partial charge on any atom is 0.315 e. The quantitative estimate of drug-likeness (QED) is 0.486. The van der Waals surface area contributed by atoms with E-state index in [1.807, 2.05) is 6.07 Å². The van der Waals surface area contributed by atoms with Crippen molar-refractivity contribution in [1.82, 2.24) is 24.6 Å². The van der Waals surface area contributed by atoms with Crippen LogP contribution in [-0.2, 0) is 14.3 Å². The molecule has 0 radical (unpaired) electrons. The highest BCUT2D eigenvalue weighted by atomic mass is 16.5. The minimum atomic E-state index is -0.645. The summed E-state index contributed by atoms with van der Waals surface area (Å²) in [6.07, 6.45) is 9.10. The van der Waals surface area contributed by atoms with E-state index in [-0.39, 0.29) is 18.2 Å². The fourth-order valence-electron chi connectivity index (χ4n) is 8.27. The second-order valence-electron chi connectivity index (χ2n) is 11.5. The fourth-order valence-corrected chi connectivity index (χ4v) is 8.27. The molecule has 10 nitrogen and oxygen atoms in total. The molecule has 4 aliphatic carbocycles. The van der Waals surface area contributed by atoms with Crippen LogP contribution in [0.4, 0.5) is 5.82 Å². The molecule has 35 heavy (non-hydrogen) atoms. The number of nitrogens with one attached hydrogen (secondary N) is 2. The summed E-state index contributed by atoms with van der Waals surface area (Å²) in [6.45, 7) is 0.970. The van der Waals surface area contributed by atoms with E-state index in [9.17, 15) is 14.7 Å². The van der Waals surface area contributed by atoms with Crippen LogP contribution < -0.4 is 5.32 Å². The average molecular weight is 477 g/mol. The van der Waals surface area contributed by atoms with Crippen molar-refractivity contribution < 1.29 is 19.4 Å². The summed E-state index contributed by atoms with van der Waals surface area (Å²) in [7, 11) is 0. The summed E-state index contributed by atoms with van der Waals surface area (Å²) < 4.78 is 7.76. The van der Waals surface area contributed by atoms with Gasteiger partial charge in [-0.25, -0.2) is 9.97 Å². The number of aromatic nitrogens is 4. The Morgan fingerprint density at radius 3 is 2.69 bits per heavy atom. The van der Waals surface area contributed by atoms with Crippen molar-refractivity contribution in [2.45, 2.75) is 62.3 Å². The number of anilines is 1. The number of likely N-dealkylation sites (tertiary alicyclic amines) is 1. The molecule has 5 heterocycles. The molecule has 3 N–H and O–H groups in total. The lowest BCUT2D eigenvalue weighted by molar-refractivity contribution is -0.148. The second kappa shape index (κ2) is 6.82. The Kier molecular flexibility index (Phi) is 3.94. The summed E-state index contributed by atoms with van der Waals surface area (Å²) in [4.78, 5) is 36.6. The number of H-pyrrole nitrogens is 1. The van der Waals surface area contributed by atoms with Gasteiger partial charge in [-0.15, -0.1) is 0 Å². The van der Waals surface area contributed by atoms with Gasteiger partial charge in [0.2, 0.25) is 0 Å². The van der Waals surface area contributed by atoms with Gasteiger partial charge in [0.15, 0.2) is 5.65 Å². The number of ether oxygens (including phenoxy) is 1. The van der Waals surface area contributed by atoms with Crippen LogP contribution in [0.2, 0.25) is 0 Å². The molecule has 2 saturated heterocycles. The van der Waals surface area contributed by atoms with Crippen molar-refractivity contribution in [2.75, 3.05) is 18.5 Å². The van der Waals surface area contributed by atoms with Crippen molar-refractivity contribution in [3.63, 3.8) is 0 Å². The summed E-state index contributed by atoms with van der Waals surface area (Å²) in [5, 5.41) is 19.1. The second-order valence-corrected chi connectivity index (χ2v) is 11.5. The Labute approximate surface area is 201 Å². The van der Waals surface area contributed by atoms with Gasteiger partial charge in [-0.05, 0) is 62.3 Å². The smallest absolute Gasteiger partial charge is 0.315 e. The molecule has 9 rings (SSSR count). The van der Waals surface area contributed by atoms with Crippen LogP contribution >= 0.6 is 0 Å². The highest BCUT2D eigenvalue weighted by Crippen LogP contribution is 2.60. The van der Waals surface area contributed by atoms with Gasteiger partial charge in [0.25, 0.3) is 0 Å². The average Bonchev–Trinajstić information content (AvgIpc) is 3.60. The molecule has 7 atom stereocenters. The lowest BCUT2D eigenvalue weighted by Gasteiger charge is -2.58. The Morgan fingerprint density at radius 1 is 1.14 bits per heavy atom. The summed E-state index contributed by atoms with van der Waals surface area (Å²) >= 11 is 0. The lowest BCUT2D eigenvalue weighted by atomic mass is 9.52. The van der Waals surface area contributed by atoms with Gasteiger partial charge < -0.3 is 20.1 Å². The predicted octanol–water partition coefficient (Wildman–Crippen LogP) is 1.96. The van der Waals surface area contributed by atoms with Crippen molar-refractivity contribution in [2.24, 2.45) is 17.8 Å². The number of hydrogen-bond acceptors (Lipinski definition) is 6.